The first-order chi connectivity index (χ1) is 17.0. The van der Waals surface area contributed by atoms with Gasteiger partial charge in [-0.05, 0) is 59.2 Å². The summed E-state index contributed by atoms with van der Waals surface area (Å²) in [6.07, 6.45) is 0.564. The quantitative estimate of drug-likeness (QED) is 0.360. The molecule has 0 saturated heterocycles. The van der Waals surface area contributed by atoms with Crippen LogP contribution in [0.3, 0.4) is 0 Å². The average molecular weight is 473 g/mol. The zero-order valence-corrected chi connectivity index (χ0v) is 19.2. The van der Waals surface area contributed by atoms with Gasteiger partial charge in [0.2, 0.25) is 0 Å². The Morgan fingerprint density at radius 2 is 1.54 bits per heavy atom. The number of ether oxygens (including phenoxy) is 2. The smallest absolute Gasteiger partial charge is 0.259 e. The number of carbonyl (C=O) groups is 2. The normalized spacial score (nSPS) is 10.6. The number of methoxy groups -OCH3 is 1. The average Bonchev–Trinajstić information content (AvgIpc) is 2.88. The summed E-state index contributed by atoms with van der Waals surface area (Å²) >= 11 is 0. The van der Waals surface area contributed by atoms with Crippen molar-refractivity contribution in [3.8, 4) is 11.5 Å². The number of benzene rings is 4. The Kier molecular flexibility index (Phi) is 7.57. The molecular formula is C28H25FN2O4. The van der Waals surface area contributed by atoms with Gasteiger partial charge in [0, 0.05) is 6.54 Å². The van der Waals surface area contributed by atoms with Crippen molar-refractivity contribution in [3.05, 3.63) is 102 Å². The predicted octanol–water partition coefficient (Wildman–Crippen LogP) is 4.98. The third kappa shape index (κ3) is 6.14. The van der Waals surface area contributed by atoms with Gasteiger partial charge in [-0.15, -0.1) is 0 Å². The SMILES string of the molecule is COc1ccccc1NC(=O)c1cc2ccccc2cc1OCC(=O)NCCc1ccc(F)cc1. The second-order valence-electron chi connectivity index (χ2n) is 7.87. The minimum absolute atomic E-state index is 0.253. The van der Waals surface area contributed by atoms with Gasteiger partial charge in [-0.1, -0.05) is 48.5 Å². The largest absolute Gasteiger partial charge is 0.495 e. The molecule has 0 radical (unpaired) electrons. The summed E-state index contributed by atoms with van der Waals surface area (Å²) in [5.74, 6) is -0.176. The van der Waals surface area contributed by atoms with Crippen LogP contribution in [0.2, 0.25) is 0 Å². The number of para-hydroxylation sites is 2. The summed E-state index contributed by atoms with van der Waals surface area (Å²) in [4.78, 5) is 25.5. The molecule has 0 aliphatic heterocycles. The Morgan fingerprint density at radius 3 is 2.29 bits per heavy atom. The van der Waals surface area contributed by atoms with Crippen molar-refractivity contribution in [2.75, 3.05) is 25.6 Å². The monoisotopic (exact) mass is 472 g/mol. The topological polar surface area (TPSA) is 76.7 Å². The number of carbonyl (C=O) groups excluding carboxylic acids is 2. The maximum atomic E-state index is 13.2. The Hall–Kier alpha value is -4.39. The number of nitrogens with one attached hydrogen (secondary N) is 2. The van der Waals surface area contributed by atoms with Crippen molar-refractivity contribution in [3.63, 3.8) is 0 Å². The molecule has 0 atom stereocenters. The highest BCUT2D eigenvalue weighted by molar-refractivity contribution is 6.09. The Morgan fingerprint density at radius 1 is 0.857 bits per heavy atom. The zero-order valence-electron chi connectivity index (χ0n) is 19.2. The van der Waals surface area contributed by atoms with Crippen LogP contribution >= 0.6 is 0 Å². The van der Waals surface area contributed by atoms with E-state index in [0.29, 0.717) is 35.7 Å². The molecule has 0 fully saturated rings. The van der Waals surface area contributed by atoms with Crippen LogP contribution in [0.5, 0.6) is 11.5 Å². The van der Waals surface area contributed by atoms with Gasteiger partial charge < -0.3 is 20.1 Å². The molecule has 0 bridgehead atoms. The molecule has 0 aliphatic rings. The van der Waals surface area contributed by atoms with Crippen molar-refractivity contribution >= 4 is 28.3 Å². The van der Waals surface area contributed by atoms with Crippen LogP contribution in [0.4, 0.5) is 10.1 Å². The van der Waals surface area contributed by atoms with Crippen molar-refractivity contribution in [2.24, 2.45) is 0 Å². The second kappa shape index (κ2) is 11.2. The highest BCUT2D eigenvalue weighted by Gasteiger charge is 2.17. The van der Waals surface area contributed by atoms with E-state index in [2.05, 4.69) is 10.6 Å². The number of hydrogen-bond donors (Lipinski definition) is 2. The first kappa shape index (κ1) is 23.8. The Bertz CT molecular complexity index is 1340. The fraction of sp³-hybridized carbons (Fsp3) is 0.143. The molecule has 2 amide bonds. The maximum absolute atomic E-state index is 13.2. The minimum Gasteiger partial charge on any atom is -0.495 e. The van der Waals surface area contributed by atoms with Crippen molar-refractivity contribution < 1.29 is 23.5 Å². The van der Waals surface area contributed by atoms with Crippen LogP contribution in [-0.2, 0) is 11.2 Å². The third-order valence-corrected chi connectivity index (χ3v) is 5.46. The summed E-state index contributed by atoms with van der Waals surface area (Å²) in [5.41, 5.74) is 1.74. The van der Waals surface area contributed by atoms with Crippen LogP contribution < -0.4 is 20.1 Å². The van der Waals surface area contributed by atoms with Crippen LogP contribution in [0.25, 0.3) is 10.8 Å². The molecule has 2 N–H and O–H groups in total. The van der Waals surface area contributed by atoms with E-state index < -0.39 is 0 Å². The molecule has 4 aromatic rings. The molecule has 7 heteroatoms. The summed E-state index contributed by atoms with van der Waals surface area (Å²) in [6.45, 7) is 0.128. The van der Waals surface area contributed by atoms with Crippen LogP contribution in [0, 0.1) is 5.82 Å². The molecule has 6 nitrogen and oxygen atoms in total. The number of halogens is 1. The van der Waals surface area contributed by atoms with Crippen LogP contribution in [-0.4, -0.2) is 32.1 Å². The van der Waals surface area contributed by atoms with Crippen molar-refractivity contribution in [1.29, 1.82) is 0 Å². The summed E-state index contributed by atoms with van der Waals surface area (Å²) < 4.78 is 24.1. The number of hydrogen-bond acceptors (Lipinski definition) is 4. The molecule has 0 aromatic heterocycles. The lowest BCUT2D eigenvalue weighted by molar-refractivity contribution is -0.123. The maximum Gasteiger partial charge on any atom is 0.259 e. The lowest BCUT2D eigenvalue weighted by atomic mass is 10.1. The molecule has 4 aromatic carbocycles. The zero-order chi connectivity index (χ0) is 24.6. The number of amides is 2. The van der Waals surface area contributed by atoms with Gasteiger partial charge >= 0.3 is 0 Å². The van der Waals surface area contributed by atoms with Gasteiger partial charge in [0.15, 0.2) is 6.61 Å². The fourth-order valence-corrected chi connectivity index (χ4v) is 3.65. The second-order valence-corrected chi connectivity index (χ2v) is 7.87. The Balaban J connectivity index is 1.46. The van der Waals surface area contributed by atoms with Crippen molar-refractivity contribution in [1.82, 2.24) is 5.32 Å². The van der Waals surface area contributed by atoms with Crippen molar-refractivity contribution in [2.45, 2.75) is 6.42 Å². The summed E-state index contributed by atoms with van der Waals surface area (Å²) in [5, 5.41) is 7.39. The van der Waals surface area contributed by atoms with Gasteiger partial charge in [0.1, 0.15) is 17.3 Å². The number of fused-ring (bicyclic) bond motifs is 1. The van der Waals surface area contributed by atoms with Gasteiger partial charge in [-0.3, -0.25) is 9.59 Å². The molecule has 0 spiro atoms. The number of rotatable bonds is 9. The molecule has 0 heterocycles. The van der Waals surface area contributed by atoms with E-state index in [1.807, 2.05) is 30.3 Å². The molecule has 0 aliphatic carbocycles. The van der Waals surface area contributed by atoms with E-state index in [4.69, 9.17) is 9.47 Å². The minimum atomic E-state index is -0.382. The van der Waals surface area contributed by atoms with Gasteiger partial charge in [0.05, 0.1) is 18.4 Å². The third-order valence-electron chi connectivity index (χ3n) is 5.46. The van der Waals surface area contributed by atoms with Gasteiger partial charge in [-0.2, -0.15) is 0 Å². The fourth-order valence-electron chi connectivity index (χ4n) is 3.65. The van der Waals surface area contributed by atoms with Crippen LogP contribution in [0.1, 0.15) is 15.9 Å². The van der Waals surface area contributed by atoms with E-state index in [9.17, 15) is 14.0 Å². The van der Waals surface area contributed by atoms with Gasteiger partial charge in [-0.25, -0.2) is 4.39 Å². The van der Waals surface area contributed by atoms with Crippen LogP contribution in [0.15, 0.2) is 84.9 Å². The summed E-state index contributed by atoms with van der Waals surface area (Å²) in [7, 11) is 1.53. The summed E-state index contributed by atoms with van der Waals surface area (Å²) in [6, 6.07) is 24.3. The number of anilines is 1. The molecule has 35 heavy (non-hydrogen) atoms. The lowest BCUT2D eigenvalue weighted by Crippen LogP contribution is -2.31. The predicted molar refractivity (Wildman–Crippen MR) is 134 cm³/mol. The lowest BCUT2D eigenvalue weighted by Gasteiger charge is -2.15. The standard InChI is InChI=1S/C28H25FN2O4/c1-34-25-9-5-4-8-24(25)31-28(33)23-16-20-6-2-3-7-21(20)17-26(23)35-18-27(32)30-15-14-19-10-12-22(29)13-11-19/h2-13,16-17H,14-15,18H2,1H3,(H,30,32)(H,31,33). The van der Waals surface area contributed by atoms with E-state index in [1.165, 1.54) is 19.2 Å². The molecule has 4 rings (SSSR count). The molecule has 0 unspecified atom stereocenters. The molecular weight excluding hydrogens is 447 g/mol. The molecule has 0 saturated carbocycles. The van der Waals surface area contributed by atoms with E-state index >= 15 is 0 Å². The highest BCUT2D eigenvalue weighted by Crippen LogP contribution is 2.29. The van der Waals surface area contributed by atoms with E-state index in [1.54, 1.807) is 42.5 Å². The Labute approximate surface area is 202 Å². The highest BCUT2D eigenvalue weighted by atomic mass is 19.1. The van der Waals surface area contributed by atoms with E-state index in [0.717, 1.165) is 16.3 Å². The first-order valence-corrected chi connectivity index (χ1v) is 11.1. The first-order valence-electron chi connectivity index (χ1n) is 11.1. The molecule has 178 valence electrons. The van der Waals surface area contributed by atoms with Gasteiger partial charge in [0.25, 0.3) is 11.8 Å². The van der Waals surface area contributed by atoms with E-state index in [-0.39, 0.29) is 24.2 Å².